The van der Waals surface area contributed by atoms with Crippen LogP contribution in [0.4, 0.5) is 5.69 Å². The lowest BCUT2D eigenvalue weighted by Crippen LogP contribution is -2.58. The molecule has 2 aliphatic rings. The summed E-state index contributed by atoms with van der Waals surface area (Å²) in [6, 6.07) is 2.08. The van der Waals surface area contributed by atoms with Gasteiger partial charge >= 0.3 is 0 Å². The van der Waals surface area contributed by atoms with Gasteiger partial charge in [0, 0.05) is 44.1 Å². The first kappa shape index (κ1) is 10.5. The van der Waals surface area contributed by atoms with E-state index in [1.807, 2.05) is 12.4 Å². The molecule has 0 atom stereocenters. The van der Waals surface area contributed by atoms with Gasteiger partial charge in [-0.25, -0.2) is 0 Å². The average Bonchev–Trinajstić information content (AvgIpc) is 2.28. The first-order valence-corrected chi connectivity index (χ1v) is 6.51. The maximum Gasteiger partial charge on any atom is 0.0592 e. The minimum absolute atomic E-state index is 0.529. The molecule has 0 saturated carbocycles. The van der Waals surface area contributed by atoms with Crippen molar-refractivity contribution >= 4 is 21.6 Å². The van der Waals surface area contributed by atoms with Gasteiger partial charge in [0.15, 0.2) is 0 Å². The van der Waals surface area contributed by atoms with Crippen molar-refractivity contribution in [2.24, 2.45) is 5.41 Å². The highest BCUT2D eigenvalue weighted by atomic mass is 79.9. The fraction of sp³-hybridized carbons (Fsp3) is 0.583. The fourth-order valence-corrected chi connectivity index (χ4v) is 3.18. The smallest absolute Gasteiger partial charge is 0.0592 e. The molecule has 3 rings (SSSR count). The molecule has 1 aromatic heterocycles. The van der Waals surface area contributed by atoms with Gasteiger partial charge in [-0.15, -0.1) is 0 Å². The second kappa shape index (κ2) is 4.00. The molecule has 0 aromatic carbocycles. The Morgan fingerprint density at radius 2 is 2.06 bits per heavy atom. The van der Waals surface area contributed by atoms with Gasteiger partial charge in [-0.2, -0.15) is 0 Å². The highest BCUT2D eigenvalue weighted by Crippen LogP contribution is 2.43. The Labute approximate surface area is 104 Å². The number of halogens is 1. The summed E-state index contributed by atoms with van der Waals surface area (Å²) >= 11 is 3.56. The second-order valence-corrected chi connectivity index (χ2v) is 5.65. The van der Waals surface area contributed by atoms with E-state index >= 15 is 0 Å². The molecule has 0 aliphatic carbocycles. The van der Waals surface area contributed by atoms with Gasteiger partial charge in [0.2, 0.25) is 0 Å². The van der Waals surface area contributed by atoms with E-state index in [0.29, 0.717) is 5.41 Å². The summed E-state index contributed by atoms with van der Waals surface area (Å²) in [4.78, 5) is 6.52. The summed E-state index contributed by atoms with van der Waals surface area (Å²) in [5.41, 5.74) is 1.80. The van der Waals surface area contributed by atoms with Crippen molar-refractivity contribution in [1.82, 2.24) is 4.98 Å². The molecule has 0 amide bonds. The number of anilines is 1. The Morgan fingerprint density at radius 1 is 1.31 bits per heavy atom. The summed E-state index contributed by atoms with van der Waals surface area (Å²) in [7, 11) is 0. The third-order valence-corrected chi connectivity index (χ3v) is 4.31. The zero-order valence-electron chi connectivity index (χ0n) is 9.16. The Morgan fingerprint density at radius 3 is 2.75 bits per heavy atom. The number of rotatable bonds is 1. The second-order valence-electron chi connectivity index (χ2n) is 4.80. The van der Waals surface area contributed by atoms with Crippen LogP contribution < -0.4 is 4.90 Å². The van der Waals surface area contributed by atoms with Crippen LogP contribution in [0.2, 0.25) is 0 Å². The maximum atomic E-state index is 5.43. The number of hydrogen-bond donors (Lipinski definition) is 0. The summed E-state index contributed by atoms with van der Waals surface area (Å²) in [6.45, 7) is 4.20. The molecule has 2 fully saturated rings. The predicted octanol–water partition coefficient (Wildman–Crippen LogP) is 2.46. The first-order chi connectivity index (χ1) is 7.79. The van der Waals surface area contributed by atoms with Crippen LogP contribution in [0.3, 0.4) is 0 Å². The molecule has 2 saturated heterocycles. The van der Waals surface area contributed by atoms with E-state index < -0.39 is 0 Å². The van der Waals surface area contributed by atoms with Gasteiger partial charge < -0.3 is 9.64 Å². The van der Waals surface area contributed by atoms with E-state index in [9.17, 15) is 0 Å². The van der Waals surface area contributed by atoms with Gasteiger partial charge in [0.25, 0.3) is 0 Å². The van der Waals surface area contributed by atoms with Crippen molar-refractivity contribution in [1.29, 1.82) is 0 Å². The average molecular weight is 283 g/mol. The van der Waals surface area contributed by atoms with Crippen LogP contribution in [0.25, 0.3) is 0 Å². The summed E-state index contributed by atoms with van der Waals surface area (Å²) in [6.07, 6.45) is 6.15. The zero-order valence-corrected chi connectivity index (χ0v) is 10.7. The third kappa shape index (κ3) is 1.74. The van der Waals surface area contributed by atoms with E-state index in [1.54, 1.807) is 0 Å². The molecule has 0 bridgehead atoms. The highest BCUT2D eigenvalue weighted by molar-refractivity contribution is 9.10. The molecule has 0 N–H and O–H groups in total. The molecule has 3 nitrogen and oxygen atoms in total. The minimum Gasteiger partial charge on any atom is -0.381 e. The fourth-order valence-electron chi connectivity index (χ4n) is 2.68. The SMILES string of the molecule is Brc1cnccc1N1CC2(CCOCC2)C1. The number of nitrogens with zero attached hydrogens (tertiary/aromatic N) is 2. The van der Waals surface area contributed by atoms with E-state index in [0.717, 1.165) is 17.7 Å². The lowest BCUT2D eigenvalue weighted by Gasteiger charge is -2.53. The molecule has 2 aliphatic heterocycles. The minimum atomic E-state index is 0.529. The molecular weight excluding hydrogens is 268 g/mol. The van der Waals surface area contributed by atoms with E-state index in [1.165, 1.54) is 31.6 Å². The van der Waals surface area contributed by atoms with Crippen LogP contribution in [0, 0.1) is 5.41 Å². The number of aromatic nitrogens is 1. The lowest BCUT2D eigenvalue weighted by molar-refractivity contribution is -0.000238. The van der Waals surface area contributed by atoms with Crippen molar-refractivity contribution in [3.05, 3.63) is 22.9 Å². The molecule has 0 unspecified atom stereocenters. The van der Waals surface area contributed by atoms with Gasteiger partial charge in [0.1, 0.15) is 0 Å². The Balaban J connectivity index is 1.71. The number of hydrogen-bond acceptors (Lipinski definition) is 3. The number of ether oxygens (including phenoxy) is 1. The molecule has 4 heteroatoms. The Bertz CT molecular complexity index is 382. The van der Waals surface area contributed by atoms with Crippen LogP contribution in [0.5, 0.6) is 0 Å². The Hall–Kier alpha value is -0.610. The number of pyridine rings is 1. The van der Waals surface area contributed by atoms with Crippen molar-refractivity contribution in [3.8, 4) is 0 Å². The van der Waals surface area contributed by atoms with Crippen LogP contribution in [-0.4, -0.2) is 31.3 Å². The zero-order chi connectivity index (χ0) is 11.0. The molecule has 1 aromatic rings. The maximum absolute atomic E-state index is 5.43. The monoisotopic (exact) mass is 282 g/mol. The standard InChI is InChI=1S/C12H15BrN2O/c13-10-7-14-4-1-11(10)15-8-12(9-15)2-5-16-6-3-12/h1,4,7H,2-3,5-6,8-9H2. The Kier molecular flexibility index (Phi) is 2.64. The van der Waals surface area contributed by atoms with Gasteiger partial charge in [-0.1, -0.05) is 0 Å². The van der Waals surface area contributed by atoms with Crippen LogP contribution in [0.15, 0.2) is 22.9 Å². The molecule has 16 heavy (non-hydrogen) atoms. The predicted molar refractivity (Wildman–Crippen MR) is 66.6 cm³/mol. The van der Waals surface area contributed by atoms with Crippen LogP contribution in [-0.2, 0) is 4.74 Å². The van der Waals surface area contributed by atoms with Crippen molar-refractivity contribution in [2.75, 3.05) is 31.2 Å². The van der Waals surface area contributed by atoms with Gasteiger partial charge in [-0.05, 0) is 34.8 Å². The summed E-state index contributed by atoms with van der Waals surface area (Å²) < 4.78 is 6.52. The normalized spacial score (nSPS) is 23.2. The molecule has 3 heterocycles. The quantitative estimate of drug-likeness (QED) is 0.791. The topological polar surface area (TPSA) is 25.4 Å². The van der Waals surface area contributed by atoms with Crippen molar-refractivity contribution in [2.45, 2.75) is 12.8 Å². The molecule has 0 radical (unpaired) electrons. The van der Waals surface area contributed by atoms with Crippen LogP contribution in [0.1, 0.15) is 12.8 Å². The molecular formula is C12H15BrN2O. The van der Waals surface area contributed by atoms with Crippen molar-refractivity contribution in [3.63, 3.8) is 0 Å². The van der Waals surface area contributed by atoms with Gasteiger partial charge in [-0.3, -0.25) is 4.98 Å². The third-order valence-electron chi connectivity index (χ3n) is 3.70. The summed E-state index contributed by atoms with van der Waals surface area (Å²) in [5.74, 6) is 0. The highest BCUT2D eigenvalue weighted by Gasteiger charge is 2.44. The van der Waals surface area contributed by atoms with E-state index in [2.05, 4.69) is 31.9 Å². The largest absolute Gasteiger partial charge is 0.381 e. The van der Waals surface area contributed by atoms with E-state index in [4.69, 9.17) is 4.74 Å². The summed E-state index contributed by atoms with van der Waals surface area (Å²) in [5, 5.41) is 0. The molecule has 86 valence electrons. The lowest BCUT2D eigenvalue weighted by atomic mass is 9.73. The van der Waals surface area contributed by atoms with Crippen LogP contribution >= 0.6 is 15.9 Å². The van der Waals surface area contributed by atoms with Gasteiger partial charge in [0.05, 0.1) is 10.2 Å². The van der Waals surface area contributed by atoms with E-state index in [-0.39, 0.29) is 0 Å². The first-order valence-electron chi connectivity index (χ1n) is 5.71. The molecule has 1 spiro atoms. The van der Waals surface area contributed by atoms with Crippen molar-refractivity contribution < 1.29 is 4.74 Å².